The van der Waals surface area contributed by atoms with E-state index < -0.39 is 10.0 Å². The molecule has 2 rings (SSSR count). The zero-order valence-electron chi connectivity index (χ0n) is 12.5. The van der Waals surface area contributed by atoms with Crippen LogP contribution in [0.4, 0.5) is 10.8 Å². The highest BCUT2D eigenvalue weighted by Gasteiger charge is 2.27. The number of piperidine rings is 1. The SMILES string of the molecule is CN(C)S(=O)(=O)c1c(N)nsc1NCCN1CCCCC1. The quantitative estimate of drug-likeness (QED) is 0.803. The Bertz CT molecular complexity index is 564. The van der Waals surface area contributed by atoms with E-state index in [1.54, 1.807) is 0 Å². The number of hydrogen-bond donors (Lipinski definition) is 2. The number of nitrogens with two attached hydrogens (primary N) is 1. The van der Waals surface area contributed by atoms with Crippen LogP contribution in [0, 0.1) is 0 Å². The Kier molecular flexibility index (Phi) is 5.42. The molecule has 0 spiro atoms. The maximum atomic E-state index is 12.3. The van der Waals surface area contributed by atoms with Crippen LogP contribution < -0.4 is 11.1 Å². The minimum Gasteiger partial charge on any atom is -0.382 e. The molecular weight excluding hydrogens is 310 g/mol. The van der Waals surface area contributed by atoms with Gasteiger partial charge in [0.2, 0.25) is 10.0 Å². The molecule has 0 aliphatic carbocycles. The van der Waals surface area contributed by atoms with Crippen LogP contribution in [0.5, 0.6) is 0 Å². The molecule has 0 amide bonds. The van der Waals surface area contributed by atoms with E-state index in [1.807, 2.05) is 0 Å². The average molecular weight is 333 g/mol. The van der Waals surface area contributed by atoms with Gasteiger partial charge in [-0.25, -0.2) is 12.7 Å². The molecular formula is C12H23N5O2S2. The number of anilines is 2. The molecule has 1 fully saturated rings. The first kappa shape index (κ1) is 16.5. The second-order valence-electron chi connectivity index (χ2n) is 5.34. The monoisotopic (exact) mass is 333 g/mol. The number of nitrogens with one attached hydrogen (secondary N) is 1. The number of nitrogens with zero attached hydrogens (tertiary/aromatic N) is 3. The van der Waals surface area contributed by atoms with Gasteiger partial charge in [0.25, 0.3) is 0 Å². The van der Waals surface area contributed by atoms with Crippen molar-refractivity contribution in [3.05, 3.63) is 0 Å². The maximum Gasteiger partial charge on any atom is 0.249 e. The van der Waals surface area contributed by atoms with Crippen LogP contribution in [0.25, 0.3) is 0 Å². The van der Waals surface area contributed by atoms with E-state index in [0.717, 1.165) is 35.5 Å². The third-order valence-corrected chi connectivity index (χ3v) is 6.41. The van der Waals surface area contributed by atoms with Gasteiger partial charge in [0, 0.05) is 27.2 Å². The van der Waals surface area contributed by atoms with Crippen LogP contribution in [-0.2, 0) is 10.0 Å². The summed E-state index contributed by atoms with van der Waals surface area (Å²) in [4.78, 5) is 2.48. The van der Waals surface area contributed by atoms with Crippen molar-refractivity contribution in [2.45, 2.75) is 24.2 Å². The summed E-state index contributed by atoms with van der Waals surface area (Å²) >= 11 is 1.10. The molecule has 1 aromatic rings. The van der Waals surface area contributed by atoms with Gasteiger partial charge in [-0.15, -0.1) is 0 Å². The summed E-state index contributed by atoms with van der Waals surface area (Å²) < 4.78 is 29.6. The van der Waals surface area contributed by atoms with E-state index in [2.05, 4.69) is 14.6 Å². The van der Waals surface area contributed by atoms with E-state index >= 15 is 0 Å². The van der Waals surface area contributed by atoms with Gasteiger partial charge in [-0.2, -0.15) is 4.37 Å². The molecule has 3 N–H and O–H groups in total. The van der Waals surface area contributed by atoms with Gasteiger partial charge in [-0.1, -0.05) is 6.42 Å². The van der Waals surface area contributed by atoms with Gasteiger partial charge < -0.3 is 16.0 Å². The van der Waals surface area contributed by atoms with Crippen LogP contribution >= 0.6 is 11.5 Å². The summed E-state index contributed by atoms with van der Waals surface area (Å²) in [6.07, 6.45) is 3.79. The second kappa shape index (κ2) is 6.91. The standard InChI is InChI=1S/C12H23N5O2S2/c1-16(2)21(18,19)10-11(13)15-20-12(10)14-6-9-17-7-4-3-5-8-17/h14H,3-9H2,1-2H3,(H2,13,15). The molecule has 120 valence electrons. The maximum absolute atomic E-state index is 12.3. The summed E-state index contributed by atoms with van der Waals surface area (Å²) in [5.41, 5.74) is 5.72. The lowest BCUT2D eigenvalue weighted by Gasteiger charge is -2.26. The van der Waals surface area contributed by atoms with Crippen molar-refractivity contribution < 1.29 is 8.42 Å². The molecule has 1 aliphatic heterocycles. The zero-order chi connectivity index (χ0) is 15.5. The van der Waals surface area contributed by atoms with Crippen LogP contribution in [-0.4, -0.2) is 62.3 Å². The second-order valence-corrected chi connectivity index (χ2v) is 8.20. The fourth-order valence-corrected chi connectivity index (χ4v) is 4.45. The van der Waals surface area contributed by atoms with E-state index in [4.69, 9.17) is 5.73 Å². The molecule has 0 bridgehead atoms. The van der Waals surface area contributed by atoms with Crippen molar-refractivity contribution in [2.24, 2.45) is 0 Å². The topological polar surface area (TPSA) is 91.6 Å². The summed E-state index contributed by atoms with van der Waals surface area (Å²) in [7, 11) is -0.590. The number of aromatic nitrogens is 1. The van der Waals surface area contributed by atoms with Crippen LogP contribution in [0.2, 0.25) is 0 Å². The third-order valence-electron chi connectivity index (χ3n) is 3.58. The Balaban J connectivity index is 2.01. The highest BCUT2D eigenvalue weighted by Crippen LogP contribution is 2.32. The Morgan fingerprint density at radius 1 is 1.33 bits per heavy atom. The zero-order valence-corrected chi connectivity index (χ0v) is 14.1. The normalized spacial score (nSPS) is 17.3. The molecule has 9 heteroatoms. The summed E-state index contributed by atoms with van der Waals surface area (Å²) in [6.45, 7) is 3.83. The minimum absolute atomic E-state index is 0.0640. The largest absolute Gasteiger partial charge is 0.382 e. The van der Waals surface area contributed by atoms with Gasteiger partial charge >= 0.3 is 0 Å². The number of likely N-dealkylation sites (tertiary alicyclic amines) is 1. The minimum atomic E-state index is -3.57. The van der Waals surface area contributed by atoms with E-state index in [9.17, 15) is 8.42 Å². The molecule has 0 unspecified atom stereocenters. The van der Waals surface area contributed by atoms with Gasteiger partial charge in [-0.05, 0) is 37.5 Å². The molecule has 1 saturated heterocycles. The first-order valence-electron chi connectivity index (χ1n) is 7.07. The molecule has 0 saturated carbocycles. The summed E-state index contributed by atoms with van der Waals surface area (Å²) in [5, 5.41) is 3.70. The fourth-order valence-electron chi connectivity index (χ4n) is 2.35. The molecule has 7 nitrogen and oxygen atoms in total. The van der Waals surface area contributed by atoms with Crippen LogP contribution in [0.15, 0.2) is 4.90 Å². The molecule has 1 aromatic heterocycles. The number of nitrogen functional groups attached to an aromatic ring is 1. The van der Waals surface area contributed by atoms with Crippen molar-refractivity contribution in [2.75, 3.05) is 51.3 Å². The lowest BCUT2D eigenvalue weighted by Crippen LogP contribution is -2.33. The van der Waals surface area contributed by atoms with Gasteiger partial charge in [0.05, 0.1) is 0 Å². The average Bonchev–Trinajstić information content (AvgIpc) is 2.81. The van der Waals surface area contributed by atoms with Crippen molar-refractivity contribution >= 4 is 32.4 Å². The smallest absolute Gasteiger partial charge is 0.249 e. The first-order chi connectivity index (χ1) is 9.93. The van der Waals surface area contributed by atoms with Crippen molar-refractivity contribution in [3.63, 3.8) is 0 Å². The molecule has 21 heavy (non-hydrogen) atoms. The predicted molar refractivity (Wildman–Crippen MR) is 86.2 cm³/mol. The van der Waals surface area contributed by atoms with Crippen LogP contribution in [0.1, 0.15) is 19.3 Å². The third kappa shape index (κ3) is 3.85. The molecule has 0 atom stereocenters. The van der Waals surface area contributed by atoms with Gasteiger partial charge in [-0.3, -0.25) is 0 Å². The Morgan fingerprint density at radius 2 is 2.00 bits per heavy atom. The Labute approximate surface area is 130 Å². The Hall–Kier alpha value is -0.900. The number of hydrogen-bond acceptors (Lipinski definition) is 7. The predicted octanol–water partition coefficient (Wildman–Crippen LogP) is 0.873. The number of sulfonamides is 1. The lowest BCUT2D eigenvalue weighted by atomic mass is 10.1. The highest BCUT2D eigenvalue weighted by molar-refractivity contribution is 7.89. The van der Waals surface area contributed by atoms with Crippen molar-refractivity contribution in [1.29, 1.82) is 0 Å². The first-order valence-corrected chi connectivity index (χ1v) is 9.28. The highest BCUT2D eigenvalue weighted by atomic mass is 32.2. The van der Waals surface area contributed by atoms with E-state index in [1.165, 1.54) is 33.4 Å². The molecule has 0 aromatic carbocycles. The van der Waals surface area contributed by atoms with Crippen LogP contribution in [0.3, 0.4) is 0 Å². The number of rotatable bonds is 6. The molecule has 1 aliphatic rings. The van der Waals surface area contributed by atoms with Crippen molar-refractivity contribution in [1.82, 2.24) is 13.6 Å². The molecule has 0 radical (unpaired) electrons. The Morgan fingerprint density at radius 3 is 2.62 bits per heavy atom. The van der Waals surface area contributed by atoms with Gasteiger partial charge in [0.15, 0.2) is 10.7 Å². The van der Waals surface area contributed by atoms with Gasteiger partial charge in [0.1, 0.15) is 5.00 Å². The summed E-state index contributed by atoms with van der Waals surface area (Å²) in [6, 6.07) is 0. The van der Waals surface area contributed by atoms with E-state index in [0.29, 0.717) is 11.5 Å². The van der Waals surface area contributed by atoms with Crippen molar-refractivity contribution in [3.8, 4) is 0 Å². The summed E-state index contributed by atoms with van der Waals surface area (Å²) in [5.74, 6) is 0.0640. The van der Waals surface area contributed by atoms with E-state index in [-0.39, 0.29) is 10.7 Å². The lowest BCUT2D eigenvalue weighted by molar-refractivity contribution is 0.237. The fraction of sp³-hybridized carbons (Fsp3) is 0.750. The molecule has 2 heterocycles.